The van der Waals surface area contributed by atoms with Crippen molar-refractivity contribution in [3.63, 3.8) is 0 Å². The maximum absolute atomic E-state index is 9.28. The van der Waals surface area contributed by atoms with E-state index in [9.17, 15) is 5.11 Å². The van der Waals surface area contributed by atoms with Crippen LogP contribution in [0.15, 0.2) is 23.3 Å². The first-order valence-corrected chi connectivity index (χ1v) is 4.66. The number of hydrogen-bond acceptors (Lipinski definition) is 2. The Morgan fingerprint density at radius 2 is 2.00 bits per heavy atom. The molecule has 0 aliphatic carbocycles. The fourth-order valence-electron chi connectivity index (χ4n) is 0.767. The second-order valence-electron chi connectivity index (χ2n) is 3.37. The minimum atomic E-state index is -0.772. The van der Waals surface area contributed by atoms with E-state index in [0.717, 1.165) is 12.0 Å². The van der Waals surface area contributed by atoms with Crippen LogP contribution < -0.4 is 0 Å². The largest absolute Gasteiger partial charge is 0.365 e. The first-order chi connectivity index (χ1) is 6.06. The van der Waals surface area contributed by atoms with Gasteiger partial charge in [-0.3, -0.25) is 0 Å². The number of aliphatic hydroxyl groups is 1. The quantitative estimate of drug-likeness (QED) is 0.525. The van der Waals surface area contributed by atoms with Gasteiger partial charge in [0.25, 0.3) is 0 Å². The summed E-state index contributed by atoms with van der Waals surface area (Å²) in [6.45, 7) is 8.49. The summed E-state index contributed by atoms with van der Waals surface area (Å²) < 4.78 is 5.13. The van der Waals surface area contributed by atoms with Gasteiger partial charge in [-0.15, -0.1) is 0 Å². The standard InChI is InChI=1S/C11H20O2/c1-5-10(4)6-7-13-11(12)8-9(2)3/h6,8,11-12H,5,7H2,1-4H3. The number of aliphatic hydroxyl groups excluding tert-OH is 1. The van der Waals surface area contributed by atoms with Gasteiger partial charge in [0.05, 0.1) is 6.61 Å². The Labute approximate surface area is 80.9 Å². The zero-order valence-electron chi connectivity index (χ0n) is 9.00. The first-order valence-electron chi connectivity index (χ1n) is 4.66. The van der Waals surface area contributed by atoms with Crippen molar-refractivity contribution >= 4 is 0 Å². The molecule has 0 radical (unpaired) electrons. The molecule has 0 amide bonds. The molecule has 2 nitrogen and oxygen atoms in total. The Balaban J connectivity index is 3.71. The molecule has 0 aliphatic rings. The third-order valence-electron chi connectivity index (χ3n) is 1.73. The number of allylic oxidation sites excluding steroid dienone is 2. The number of rotatable bonds is 5. The van der Waals surface area contributed by atoms with Crippen molar-refractivity contribution in [3.8, 4) is 0 Å². The molecule has 0 bridgehead atoms. The van der Waals surface area contributed by atoms with E-state index in [4.69, 9.17) is 4.74 Å². The molecule has 0 aromatic carbocycles. The van der Waals surface area contributed by atoms with Crippen molar-refractivity contribution in [1.29, 1.82) is 0 Å². The molecule has 1 unspecified atom stereocenters. The third kappa shape index (κ3) is 7.75. The summed E-state index contributed by atoms with van der Waals surface area (Å²) >= 11 is 0. The molecule has 0 rings (SSSR count). The summed E-state index contributed by atoms with van der Waals surface area (Å²) in [6.07, 6.45) is 3.94. The molecule has 0 heterocycles. The Bertz CT molecular complexity index is 188. The van der Waals surface area contributed by atoms with Gasteiger partial charge in [0.2, 0.25) is 0 Å². The molecule has 13 heavy (non-hydrogen) atoms. The molecule has 0 saturated carbocycles. The van der Waals surface area contributed by atoms with Gasteiger partial charge in [0, 0.05) is 0 Å². The van der Waals surface area contributed by atoms with Crippen LogP contribution in [0, 0.1) is 0 Å². The molecule has 0 fully saturated rings. The van der Waals surface area contributed by atoms with Crippen molar-refractivity contribution < 1.29 is 9.84 Å². The first kappa shape index (κ1) is 12.4. The van der Waals surface area contributed by atoms with Crippen LogP contribution in [0.2, 0.25) is 0 Å². The molecule has 0 saturated heterocycles. The average molecular weight is 184 g/mol. The van der Waals surface area contributed by atoms with Crippen molar-refractivity contribution in [3.05, 3.63) is 23.3 Å². The monoisotopic (exact) mass is 184 g/mol. The van der Waals surface area contributed by atoms with E-state index in [0.29, 0.717) is 6.61 Å². The van der Waals surface area contributed by atoms with Gasteiger partial charge in [0.15, 0.2) is 6.29 Å². The van der Waals surface area contributed by atoms with Crippen LogP contribution in [0.3, 0.4) is 0 Å². The lowest BCUT2D eigenvalue weighted by atomic mass is 10.2. The second-order valence-corrected chi connectivity index (χ2v) is 3.37. The fraction of sp³-hybridized carbons (Fsp3) is 0.636. The van der Waals surface area contributed by atoms with Crippen molar-refractivity contribution in [1.82, 2.24) is 0 Å². The topological polar surface area (TPSA) is 29.5 Å². The van der Waals surface area contributed by atoms with E-state index >= 15 is 0 Å². The Hall–Kier alpha value is -0.600. The molecule has 0 aromatic rings. The lowest BCUT2D eigenvalue weighted by Crippen LogP contribution is -2.08. The van der Waals surface area contributed by atoms with Crippen molar-refractivity contribution in [2.45, 2.75) is 40.4 Å². The van der Waals surface area contributed by atoms with E-state index in [2.05, 4.69) is 13.8 Å². The highest BCUT2D eigenvalue weighted by molar-refractivity contribution is 4.98. The van der Waals surface area contributed by atoms with E-state index in [1.54, 1.807) is 6.08 Å². The van der Waals surface area contributed by atoms with E-state index in [-0.39, 0.29) is 0 Å². The van der Waals surface area contributed by atoms with Crippen LogP contribution in [-0.4, -0.2) is 18.0 Å². The van der Waals surface area contributed by atoms with Crippen LogP contribution in [0.1, 0.15) is 34.1 Å². The van der Waals surface area contributed by atoms with Crippen LogP contribution >= 0.6 is 0 Å². The maximum atomic E-state index is 9.28. The number of hydrogen-bond donors (Lipinski definition) is 1. The normalized spacial score (nSPS) is 14.1. The van der Waals surface area contributed by atoms with Gasteiger partial charge >= 0.3 is 0 Å². The molecule has 0 aliphatic heterocycles. The summed E-state index contributed by atoms with van der Waals surface area (Å²) in [5.74, 6) is 0. The summed E-state index contributed by atoms with van der Waals surface area (Å²) in [4.78, 5) is 0. The van der Waals surface area contributed by atoms with Crippen LogP contribution in [0.4, 0.5) is 0 Å². The van der Waals surface area contributed by atoms with Gasteiger partial charge in [-0.05, 0) is 33.3 Å². The van der Waals surface area contributed by atoms with Crippen LogP contribution in [0.25, 0.3) is 0 Å². The second kappa shape index (κ2) is 6.87. The van der Waals surface area contributed by atoms with Crippen molar-refractivity contribution in [2.24, 2.45) is 0 Å². The minimum absolute atomic E-state index is 0.477. The zero-order valence-corrected chi connectivity index (χ0v) is 9.00. The molecule has 0 spiro atoms. The average Bonchev–Trinajstić information content (AvgIpc) is 2.02. The maximum Gasteiger partial charge on any atom is 0.174 e. The lowest BCUT2D eigenvalue weighted by molar-refractivity contribution is -0.0528. The fourth-order valence-corrected chi connectivity index (χ4v) is 0.767. The Morgan fingerprint density at radius 3 is 2.46 bits per heavy atom. The highest BCUT2D eigenvalue weighted by Crippen LogP contribution is 2.00. The van der Waals surface area contributed by atoms with Gasteiger partial charge in [-0.2, -0.15) is 0 Å². The van der Waals surface area contributed by atoms with E-state index in [1.165, 1.54) is 5.57 Å². The predicted octanol–water partition coefficient (Wildman–Crippen LogP) is 2.64. The SMILES string of the molecule is CCC(C)=CCOC(O)C=C(C)C. The number of ether oxygens (including phenoxy) is 1. The van der Waals surface area contributed by atoms with Gasteiger partial charge < -0.3 is 9.84 Å². The minimum Gasteiger partial charge on any atom is -0.365 e. The summed E-state index contributed by atoms with van der Waals surface area (Å²) in [6, 6.07) is 0. The summed E-state index contributed by atoms with van der Waals surface area (Å²) in [7, 11) is 0. The van der Waals surface area contributed by atoms with E-state index in [1.807, 2.05) is 19.9 Å². The highest BCUT2D eigenvalue weighted by atomic mass is 16.6. The Morgan fingerprint density at radius 1 is 1.38 bits per heavy atom. The third-order valence-corrected chi connectivity index (χ3v) is 1.73. The van der Waals surface area contributed by atoms with Crippen molar-refractivity contribution in [2.75, 3.05) is 6.61 Å². The van der Waals surface area contributed by atoms with Gasteiger partial charge in [0.1, 0.15) is 0 Å². The predicted molar refractivity (Wildman–Crippen MR) is 55.4 cm³/mol. The molecule has 76 valence electrons. The summed E-state index contributed by atoms with van der Waals surface area (Å²) in [5, 5.41) is 9.28. The molecule has 1 atom stereocenters. The van der Waals surface area contributed by atoms with Gasteiger partial charge in [-0.1, -0.05) is 24.1 Å². The zero-order chi connectivity index (χ0) is 10.3. The molecular formula is C11H20O2. The lowest BCUT2D eigenvalue weighted by Gasteiger charge is -2.06. The van der Waals surface area contributed by atoms with Gasteiger partial charge in [-0.25, -0.2) is 0 Å². The molecule has 1 N–H and O–H groups in total. The smallest absolute Gasteiger partial charge is 0.174 e. The van der Waals surface area contributed by atoms with E-state index < -0.39 is 6.29 Å². The summed E-state index contributed by atoms with van der Waals surface area (Å²) in [5.41, 5.74) is 2.34. The molecule has 2 heteroatoms. The van der Waals surface area contributed by atoms with Crippen LogP contribution in [0.5, 0.6) is 0 Å². The Kier molecular flexibility index (Phi) is 6.55. The molecule has 0 aromatic heterocycles. The van der Waals surface area contributed by atoms with Crippen LogP contribution in [-0.2, 0) is 4.74 Å². The molecular weight excluding hydrogens is 164 g/mol. The highest BCUT2D eigenvalue weighted by Gasteiger charge is 1.96.